The minimum atomic E-state index is -0.284. The van der Waals surface area contributed by atoms with Gasteiger partial charge >= 0.3 is 0 Å². The van der Waals surface area contributed by atoms with Crippen LogP contribution in [0.1, 0.15) is 12.5 Å². The molecule has 1 aromatic carbocycles. The number of hydrogen-bond donors (Lipinski definition) is 1. The monoisotopic (exact) mass is 226 g/mol. The van der Waals surface area contributed by atoms with Crippen LogP contribution in [-0.4, -0.2) is 4.98 Å². The number of nitrogens with two attached hydrogens (primary N) is 1. The molecule has 15 heavy (non-hydrogen) atoms. The molecule has 0 saturated heterocycles. The highest BCUT2D eigenvalue weighted by molar-refractivity contribution is 5.85. The van der Waals surface area contributed by atoms with Crippen molar-refractivity contribution >= 4 is 29.1 Å². The third kappa shape index (κ3) is 2.18. The van der Waals surface area contributed by atoms with E-state index in [1.165, 1.54) is 12.1 Å². The van der Waals surface area contributed by atoms with Crippen molar-refractivity contribution in [3.63, 3.8) is 0 Å². The summed E-state index contributed by atoms with van der Waals surface area (Å²) < 4.78 is 12.9. The number of nitrogen functional groups attached to an aromatic ring is 1. The molecule has 2 N–H and O–H groups in total. The summed E-state index contributed by atoms with van der Waals surface area (Å²) in [6.45, 7) is 2.02. The molecule has 0 spiro atoms. The van der Waals surface area contributed by atoms with Gasteiger partial charge in [-0.2, -0.15) is 0 Å². The molecular weight excluding hydrogens is 215 g/mol. The first-order chi connectivity index (χ1) is 6.70. The molecule has 4 heteroatoms. The fraction of sp³-hybridized carbons (Fsp3) is 0.182. The van der Waals surface area contributed by atoms with E-state index < -0.39 is 0 Å². The van der Waals surface area contributed by atoms with E-state index >= 15 is 0 Å². The molecule has 2 aromatic rings. The van der Waals surface area contributed by atoms with Gasteiger partial charge in [0.2, 0.25) is 0 Å². The summed E-state index contributed by atoms with van der Waals surface area (Å²) in [6.07, 6.45) is 0.839. The number of hydrogen-bond acceptors (Lipinski definition) is 2. The molecule has 1 heterocycles. The molecule has 1 aromatic heterocycles. The summed E-state index contributed by atoms with van der Waals surface area (Å²) in [5, 5.41) is 0.928. The maximum absolute atomic E-state index is 12.9. The van der Waals surface area contributed by atoms with Gasteiger partial charge in [-0.1, -0.05) is 6.92 Å². The molecule has 0 amide bonds. The van der Waals surface area contributed by atoms with Crippen LogP contribution in [0.2, 0.25) is 0 Å². The second-order valence-electron chi connectivity index (χ2n) is 3.22. The summed E-state index contributed by atoms with van der Waals surface area (Å²) in [7, 11) is 0. The summed E-state index contributed by atoms with van der Waals surface area (Å²) in [5.41, 5.74) is 7.33. The van der Waals surface area contributed by atoms with Crippen molar-refractivity contribution in [2.75, 3.05) is 5.73 Å². The van der Waals surface area contributed by atoms with Crippen molar-refractivity contribution < 1.29 is 4.39 Å². The fourth-order valence-corrected chi connectivity index (χ4v) is 1.48. The fourth-order valence-electron chi connectivity index (χ4n) is 1.48. The molecular formula is C11H12ClFN2. The Morgan fingerprint density at radius 3 is 2.73 bits per heavy atom. The Labute approximate surface area is 93.7 Å². The van der Waals surface area contributed by atoms with Crippen molar-refractivity contribution in [1.29, 1.82) is 0 Å². The number of aromatic nitrogens is 1. The van der Waals surface area contributed by atoms with E-state index in [-0.39, 0.29) is 18.2 Å². The Kier molecular flexibility index (Phi) is 3.48. The van der Waals surface area contributed by atoms with Crippen LogP contribution < -0.4 is 5.73 Å². The lowest BCUT2D eigenvalue weighted by molar-refractivity contribution is 0.629. The molecule has 2 nitrogen and oxygen atoms in total. The zero-order valence-electron chi connectivity index (χ0n) is 8.33. The highest BCUT2D eigenvalue weighted by Gasteiger charge is 2.02. The molecule has 0 aliphatic heterocycles. The molecule has 0 bridgehead atoms. The van der Waals surface area contributed by atoms with Gasteiger partial charge in [0, 0.05) is 11.5 Å². The zero-order chi connectivity index (χ0) is 10.1. The van der Waals surface area contributed by atoms with Crippen LogP contribution in [0, 0.1) is 5.82 Å². The Morgan fingerprint density at radius 2 is 2.07 bits per heavy atom. The van der Waals surface area contributed by atoms with Gasteiger partial charge in [0.15, 0.2) is 0 Å². The van der Waals surface area contributed by atoms with Crippen molar-refractivity contribution in [3.8, 4) is 0 Å². The van der Waals surface area contributed by atoms with Crippen LogP contribution in [0.15, 0.2) is 24.3 Å². The van der Waals surface area contributed by atoms with Crippen LogP contribution in [0.4, 0.5) is 10.2 Å². The number of benzene rings is 1. The van der Waals surface area contributed by atoms with Gasteiger partial charge in [-0.15, -0.1) is 12.4 Å². The molecule has 80 valence electrons. The number of rotatable bonds is 1. The van der Waals surface area contributed by atoms with E-state index in [1.807, 2.05) is 13.0 Å². The third-order valence-corrected chi connectivity index (χ3v) is 2.27. The van der Waals surface area contributed by atoms with E-state index in [9.17, 15) is 4.39 Å². The predicted molar refractivity (Wildman–Crippen MR) is 62.7 cm³/mol. The maximum atomic E-state index is 12.9. The van der Waals surface area contributed by atoms with E-state index in [0.717, 1.165) is 17.4 Å². The number of aryl methyl sites for hydroxylation is 1. The van der Waals surface area contributed by atoms with Gasteiger partial charge in [-0.25, -0.2) is 9.37 Å². The lowest BCUT2D eigenvalue weighted by Gasteiger charge is -2.04. The van der Waals surface area contributed by atoms with Gasteiger partial charge < -0.3 is 5.73 Å². The molecule has 2 rings (SSSR count). The normalized spacial score (nSPS) is 10.0. The van der Waals surface area contributed by atoms with Crippen molar-refractivity contribution in [2.45, 2.75) is 13.3 Å². The Bertz CT molecular complexity index is 485. The number of nitrogens with zero attached hydrogens (tertiary/aromatic N) is 1. The second-order valence-corrected chi connectivity index (χ2v) is 3.22. The molecule has 0 aliphatic rings. The Morgan fingerprint density at radius 1 is 1.33 bits per heavy atom. The van der Waals surface area contributed by atoms with Crippen LogP contribution >= 0.6 is 12.4 Å². The molecule has 0 atom stereocenters. The lowest BCUT2D eigenvalue weighted by atomic mass is 10.1. The number of fused-ring (bicyclic) bond motifs is 1. The molecule has 0 aliphatic carbocycles. The summed E-state index contributed by atoms with van der Waals surface area (Å²) in [4.78, 5) is 4.15. The topological polar surface area (TPSA) is 38.9 Å². The van der Waals surface area contributed by atoms with Gasteiger partial charge in [0.1, 0.15) is 11.6 Å². The molecule has 0 unspecified atom stereocenters. The van der Waals surface area contributed by atoms with Gasteiger partial charge in [-0.3, -0.25) is 0 Å². The molecule has 0 radical (unpaired) electrons. The van der Waals surface area contributed by atoms with Crippen molar-refractivity contribution in [2.24, 2.45) is 0 Å². The zero-order valence-corrected chi connectivity index (χ0v) is 9.14. The highest BCUT2D eigenvalue weighted by atomic mass is 35.5. The SMILES string of the molecule is CCc1cc2ccc(F)cc2nc1N.Cl. The van der Waals surface area contributed by atoms with Crippen LogP contribution in [0.25, 0.3) is 10.9 Å². The van der Waals surface area contributed by atoms with Gasteiger partial charge in [-0.05, 0) is 30.2 Å². The Balaban J connectivity index is 0.00000112. The molecule has 0 saturated carbocycles. The number of halogens is 2. The predicted octanol–water partition coefficient (Wildman–Crippen LogP) is 2.94. The third-order valence-electron chi connectivity index (χ3n) is 2.27. The second kappa shape index (κ2) is 4.45. The van der Waals surface area contributed by atoms with E-state index in [0.29, 0.717) is 11.3 Å². The quantitative estimate of drug-likeness (QED) is 0.812. The minimum absolute atomic E-state index is 0. The average molecular weight is 227 g/mol. The van der Waals surface area contributed by atoms with E-state index in [4.69, 9.17) is 5.73 Å². The molecule has 0 fully saturated rings. The minimum Gasteiger partial charge on any atom is -0.383 e. The van der Waals surface area contributed by atoms with Crippen LogP contribution in [0.3, 0.4) is 0 Å². The first kappa shape index (κ1) is 11.7. The number of anilines is 1. The summed E-state index contributed by atoms with van der Waals surface area (Å²) in [5.74, 6) is 0.208. The summed E-state index contributed by atoms with van der Waals surface area (Å²) >= 11 is 0. The van der Waals surface area contributed by atoms with Crippen molar-refractivity contribution in [3.05, 3.63) is 35.6 Å². The summed E-state index contributed by atoms with van der Waals surface area (Å²) in [6, 6.07) is 6.50. The first-order valence-corrected chi connectivity index (χ1v) is 4.55. The Hall–Kier alpha value is -1.35. The average Bonchev–Trinajstić information content (AvgIpc) is 2.16. The smallest absolute Gasteiger partial charge is 0.127 e. The van der Waals surface area contributed by atoms with Crippen LogP contribution in [-0.2, 0) is 6.42 Å². The van der Waals surface area contributed by atoms with Crippen LogP contribution in [0.5, 0.6) is 0 Å². The standard InChI is InChI=1S/C11H11FN2.ClH/c1-2-7-5-8-3-4-9(12)6-10(8)14-11(7)13;/h3-6H,2H2,1H3,(H2,13,14);1H. The van der Waals surface area contributed by atoms with E-state index in [2.05, 4.69) is 4.98 Å². The maximum Gasteiger partial charge on any atom is 0.127 e. The van der Waals surface area contributed by atoms with Crippen molar-refractivity contribution in [1.82, 2.24) is 4.98 Å². The lowest BCUT2D eigenvalue weighted by Crippen LogP contribution is -1.97. The van der Waals surface area contributed by atoms with E-state index in [1.54, 1.807) is 6.07 Å². The number of pyridine rings is 1. The highest BCUT2D eigenvalue weighted by Crippen LogP contribution is 2.19. The van der Waals surface area contributed by atoms with Gasteiger partial charge in [0.05, 0.1) is 5.52 Å². The first-order valence-electron chi connectivity index (χ1n) is 4.55. The van der Waals surface area contributed by atoms with Gasteiger partial charge in [0.25, 0.3) is 0 Å². The largest absolute Gasteiger partial charge is 0.383 e.